The molecule has 1 atom stereocenters. The van der Waals surface area contributed by atoms with Crippen molar-refractivity contribution in [3.8, 4) is 0 Å². The van der Waals surface area contributed by atoms with Gasteiger partial charge in [0.15, 0.2) is 5.16 Å². The maximum absolute atomic E-state index is 12.7. The topological polar surface area (TPSA) is 120 Å². The molecular weight excluding hydrogens is 395 g/mol. The first-order chi connectivity index (χ1) is 11.9. The van der Waals surface area contributed by atoms with E-state index >= 15 is 0 Å². The lowest BCUT2D eigenvalue weighted by atomic mass is 10.3. The van der Waals surface area contributed by atoms with Gasteiger partial charge in [-0.15, -0.1) is 10.2 Å². The minimum absolute atomic E-state index is 0.0652. The zero-order valence-corrected chi connectivity index (χ0v) is 15.1. The van der Waals surface area contributed by atoms with Gasteiger partial charge in [-0.25, -0.2) is 13.6 Å². The minimum atomic E-state index is -4.64. The molecule has 0 saturated heterocycles. The van der Waals surface area contributed by atoms with Gasteiger partial charge in [0.2, 0.25) is 21.8 Å². The molecule has 2 aromatic rings. The van der Waals surface area contributed by atoms with E-state index in [0.29, 0.717) is 5.69 Å². The fourth-order valence-corrected chi connectivity index (χ4v) is 3.18. The summed E-state index contributed by atoms with van der Waals surface area (Å²) in [6.45, 7) is 1.49. The van der Waals surface area contributed by atoms with Crippen molar-refractivity contribution < 1.29 is 26.4 Å². The van der Waals surface area contributed by atoms with Gasteiger partial charge in [-0.05, 0) is 31.2 Å². The van der Waals surface area contributed by atoms with Crippen molar-refractivity contribution in [3.05, 3.63) is 30.1 Å². The van der Waals surface area contributed by atoms with Crippen molar-refractivity contribution in [1.82, 2.24) is 14.8 Å². The minimum Gasteiger partial charge on any atom is -0.325 e. The fourth-order valence-electron chi connectivity index (χ4n) is 1.85. The number of amides is 1. The molecule has 142 valence electrons. The molecule has 1 amide bonds. The summed E-state index contributed by atoms with van der Waals surface area (Å²) < 4.78 is 61.2. The highest BCUT2D eigenvalue weighted by Crippen LogP contribution is 2.31. The molecule has 13 heteroatoms. The third-order valence-electron chi connectivity index (χ3n) is 3.19. The molecule has 0 aliphatic carbocycles. The molecule has 1 aromatic heterocycles. The molecule has 0 aliphatic rings. The monoisotopic (exact) mass is 409 g/mol. The predicted octanol–water partition coefficient (Wildman–Crippen LogP) is 1.60. The summed E-state index contributed by atoms with van der Waals surface area (Å²) in [5.74, 6) is -1.67. The number of nitrogens with two attached hydrogens (primary N) is 1. The lowest BCUT2D eigenvalue weighted by molar-refractivity contribution is -0.147. The highest BCUT2D eigenvalue weighted by molar-refractivity contribution is 8.00. The van der Waals surface area contributed by atoms with Crippen LogP contribution in [0.25, 0.3) is 0 Å². The van der Waals surface area contributed by atoms with E-state index in [0.717, 1.165) is 23.4 Å². The molecule has 0 fully saturated rings. The van der Waals surface area contributed by atoms with Gasteiger partial charge < -0.3 is 9.88 Å². The summed E-state index contributed by atoms with van der Waals surface area (Å²) in [7, 11) is -2.69. The number of rotatable bonds is 5. The van der Waals surface area contributed by atoms with Crippen LogP contribution in [-0.2, 0) is 28.0 Å². The number of carbonyl (C=O) groups excluding carboxylic acids is 1. The summed E-state index contributed by atoms with van der Waals surface area (Å²) in [6.07, 6.45) is -4.64. The Kier molecular flexibility index (Phi) is 5.63. The number of hydrogen-bond acceptors (Lipinski definition) is 6. The molecule has 0 unspecified atom stereocenters. The summed E-state index contributed by atoms with van der Waals surface area (Å²) >= 11 is 0.803. The van der Waals surface area contributed by atoms with Crippen LogP contribution in [0.15, 0.2) is 34.3 Å². The van der Waals surface area contributed by atoms with Crippen LogP contribution in [0.3, 0.4) is 0 Å². The van der Waals surface area contributed by atoms with E-state index in [1.807, 2.05) is 0 Å². The number of primary sulfonamides is 1. The third kappa shape index (κ3) is 4.74. The Morgan fingerprint density at radius 1 is 1.27 bits per heavy atom. The number of carbonyl (C=O) groups is 1. The highest BCUT2D eigenvalue weighted by atomic mass is 32.2. The Morgan fingerprint density at radius 2 is 1.85 bits per heavy atom. The maximum atomic E-state index is 12.7. The molecule has 8 nitrogen and oxygen atoms in total. The number of halogens is 3. The number of benzene rings is 1. The zero-order valence-electron chi connectivity index (χ0n) is 13.5. The molecule has 1 heterocycles. The highest BCUT2D eigenvalue weighted by Gasteiger charge is 2.37. The van der Waals surface area contributed by atoms with Crippen LogP contribution in [0, 0.1) is 0 Å². The average Bonchev–Trinajstić information content (AvgIpc) is 2.88. The number of alkyl halides is 3. The van der Waals surface area contributed by atoms with Gasteiger partial charge >= 0.3 is 6.18 Å². The van der Waals surface area contributed by atoms with Crippen molar-refractivity contribution in [2.75, 3.05) is 5.32 Å². The predicted molar refractivity (Wildman–Crippen MR) is 87.8 cm³/mol. The molecule has 1 aromatic carbocycles. The summed E-state index contributed by atoms with van der Waals surface area (Å²) in [5, 5.41) is 13.2. The second-order valence-electron chi connectivity index (χ2n) is 5.18. The Hall–Kier alpha value is -2.12. The average molecular weight is 409 g/mol. The largest absolute Gasteiger partial charge is 0.451 e. The van der Waals surface area contributed by atoms with Crippen LogP contribution >= 0.6 is 11.8 Å². The third-order valence-corrected chi connectivity index (χ3v) is 5.25. The van der Waals surface area contributed by atoms with E-state index < -0.39 is 33.2 Å². The zero-order chi connectivity index (χ0) is 19.7. The quantitative estimate of drug-likeness (QED) is 0.724. The lowest BCUT2D eigenvalue weighted by Gasteiger charge is -2.12. The first-order valence-electron chi connectivity index (χ1n) is 6.96. The van der Waals surface area contributed by atoms with E-state index in [-0.39, 0.29) is 10.1 Å². The van der Waals surface area contributed by atoms with Crippen molar-refractivity contribution in [2.45, 2.75) is 28.4 Å². The summed E-state index contributed by atoms with van der Waals surface area (Å²) in [4.78, 5) is 12.0. The molecule has 26 heavy (non-hydrogen) atoms. The number of nitrogens with one attached hydrogen (secondary N) is 1. The first kappa shape index (κ1) is 20.2. The van der Waals surface area contributed by atoms with Crippen LogP contribution in [0.4, 0.5) is 18.9 Å². The maximum Gasteiger partial charge on any atom is 0.451 e. The summed E-state index contributed by atoms with van der Waals surface area (Å²) in [6, 6.07) is 5.14. The SMILES string of the molecule is C[C@@H](Sc1nnc(C(F)(F)F)n1C)C(=O)Nc1ccc(S(N)(=O)=O)cc1. The number of hydrogen-bond donors (Lipinski definition) is 2. The van der Waals surface area contributed by atoms with Gasteiger partial charge in [0.1, 0.15) is 0 Å². The molecular formula is C13H14F3N5O3S2. The number of sulfonamides is 1. The van der Waals surface area contributed by atoms with Crippen molar-refractivity contribution >= 4 is 33.4 Å². The van der Waals surface area contributed by atoms with Gasteiger partial charge in [0, 0.05) is 12.7 Å². The molecule has 2 rings (SSSR count). The molecule has 0 radical (unpaired) electrons. The Balaban J connectivity index is 2.05. The van der Waals surface area contributed by atoms with E-state index in [1.54, 1.807) is 0 Å². The molecule has 0 aliphatic heterocycles. The van der Waals surface area contributed by atoms with Crippen LogP contribution in [-0.4, -0.2) is 34.3 Å². The van der Waals surface area contributed by atoms with Crippen molar-refractivity contribution in [1.29, 1.82) is 0 Å². The first-order valence-corrected chi connectivity index (χ1v) is 9.39. The van der Waals surface area contributed by atoms with Crippen LogP contribution in [0.1, 0.15) is 12.7 Å². The number of anilines is 1. The second-order valence-corrected chi connectivity index (χ2v) is 8.05. The van der Waals surface area contributed by atoms with Gasteiger partial charge in [-0.3, -0.25) is 4.79 Å². The normalized spacial score (nSPS) is 13.5. The second kappa shape index (κ2) is 7.25. The Morgan fingerprint density at radius 3 is 2.31 bits per heavy atom. The number of thioether (sulfide) groups is 1. The van der Waals surface area contributed by atoms with Crippen LogP contribution in [0.5, 0.6) is 0 Å². The fraction of sp³-hybridized carbons (Fsp3) is 0.308. The van der Waals surface area contributed by atoms with Gasteiger partial charge in [-0.2, -0.15) is 13.2 Å². The summed E-state index contributed by atoms with van der Waals surface area (Å²) in [5.41, 5.74) is 0.309. The van der Waals surface area contributed by atoms with E-state index in [1.165, 1.54) is 31.2 Å². The van der Waals surface area contributed by atoms with Crippen molar-refractivity contribution in [2.24, 2.45) is 12.2 Å². The number of nitrogens with zero attached hydrogens (tertiary/aromatic N) is 3. The lowest BCUT2D eigenvalue weighted by Crippen LogP contribution is -2.23. The van der Waals surface area contributed by atoms with Gasteiger partial charge in [-0.1, -0.05) is 11.8 Å². The van der Waals surface area contributed by atoms with Crippen LogP contribution < -0.4 is 10.5 Å². The Labute approximate surface area is 151 Å². The molecule has 0 bridgehead atoms. The van der Waals surface area contributed by atoms with E-state index in [2.05, 4.69) is 15.5 Å². The standard InChI is InChI=1S/C13H14F3N5O3S2/c1-7(25-12-20-19-11(21(12)2)13(14,15)16)10(22)18-8-3-5-9(6-4-8)26(17,23)24/h3-7H,1-2H3,(H,18,22)(H2,17,23,24)/t7-/m1/s1. The van der Waals surface area contributed by atoms with Gasteiger partial charge in [0.05, 0.1) is 10.1 Å². The Bertz CT molecular complexity index is 910. The van der Waals surface area contributed by atoms with E-state index in [4.69, 9.17) is 5.14 Å². The smallest absolute Gasteiger partial charge is 0.325 e. The van der Waals surface area contributed by atoms with Gasteiger partial charge in [0.25, 0.3) is 0 Å². The van der Waals surface area contributed by atoms with Crippen LogP contribution in [0.2, 0.25) is 0 Å². The molecule has 0 spiro atoms. The van der Waals surface area contributed by atoms with E-state index in [9.17, 15) is 26.4 Å². The molecule has 3 N–H and O–H groups in total. The van der Waals surface area contributed by atoms with Crippen molar-refractivity contribution in [3.63, 3.8) is 0 Å². The molecule has 0 saturated carbocycles. The number of aromatic nitrogens is 3.